The van der Waals surface area contributed by atoms with Crippen molar-refractivity contribution in [1.82, 2.24) is 4.98 Å². The number of carbonyl (C=O) groups is 1. The Kier molecular flexibility index (Phi) is 4.92. The molecule has 0 saturated heterocycles. The number of hydrogen-bond donors (Lipinski definition) is 1. The Hall–Kier alpha value is -2.88. The fraction of sp³-hybridized carbons (Fsp3) is 0.176. The SMILES string of the molecule is CCCS(=O)(=O)Nc1cc(F)c(F)c(C(=O)c2ccc3ncoc3c2)c1F. The van der Waals surface area contributed by atoms with Crippen LogP contribution in [0.1, 0.15) is 29.3 Å². The number of sulfonamides is 1. The van der Waals surface area contributed by atoms with E-state index in [0.717, 1.165) is 6.39 Å². The summed E-state index contributed by atoms with van der Waals surface area (Å²) in [7, 11) is -3.98. The molecule has 0 atom stereocenters. The number of anilines is 1. The molecule has 0 bridgehead atoms. The van der Waals surface area contributed by atoms with Gasteiger partial charge in [-0.1, -0.05) is 6.92 Å². The second-order valence-electron chi connectivity index (χ2n) is 5.69. The first-order valence-corrected chi connectivity index (χ1v) is 9.44. The number of hydrogen-bond acceptors (Lipinski definition) is 5. The molecule has 1 heterocycles. The first-order valence-electron chi connectivity index (χ1n) is 7.79. The minimum Gasteiger partial charge on any atom is -0.443 e. The van der Waals surface area contributed by atoms with Crippen molar-refractivity contribution in [1.29, 1.82) is 0 Å². The summed E-state index contributed by atoms with van der Waals surface area (Å²) in [4.78, 5) is 16.4. The summed E-state index contributed by atoms with van der Waals surface area (Å²) in [6.07, 6.45) is 1.35. The maximum atomic E-state index is 14.7. The van der Waals surface area contributed by atoms with Crippen molar-refractivity contribution in [3.63, 3.8) is 0 Å². The fourth-order valence-electron chi connectivity index (χ4n) is 2.51. The molecule has 3 aromatic rings. The van der Waals surface area contributed by atoms with E-state index in [1.165, 1.54) is 18.2 Å². The van der Waals surface area contributed by atoms with Gasteiger partial charge >= 0.3 is 0 Å². The summed E-state index contributed by atoms with van der Waals surface area (Å²) in [5.41, 5.74) is -1.61. The topological polar surface area (TPSA) is 89.3 Å². The molecule has 0 aliphatic rings. The van der Waals surface area contributed by atoms with Gasteiger partial charge < -0.3 is 4.42 Å². The Balaban J connectivity index is 2.09. The van der Waals surface area contributed by atoms with Crippen LogP contribution in [0.15, 0.2) is 35.1 Å². The van der Waals surface area contributed by atoms with Crippen LogP contribution in [0.3, 0.4) is 0 Å². The minimum absolute atomic E-state index is 0.176. The van der Waals surface area contributed by atoms with Crippen molar-refractivity contribution in [3.8, 4) is 0 Å². The second kappa shape index (κ2) is 7.03. The van der Waals surface area contributed by atoms with Crippen LogP contribution in [-0.4, -0.2) is 24.9 Å². The van der Waals surface area contributed by atoms with E-state index in [1.54, 1.807) is 6.92 Å². The number of oxazole rings is 1. The van der Waals surface area contributed by atoms with Gasteiger partial charge in [-0.25, -0.2) is 26.6 Å². The first-order chi connectivity index (χ1) is 12.7. The second-order valence-corrected chi connectivity index (χ2v) is 7.54. The Morgan fingerprint density at radius 3 is 2.63 bits per heavy atom. The van der Waals surface area contributed by atoms with E-state index in [0.29, 0.717) is 11.6 Å². The number of rotatable bonds is 6. The molecule has 3 rings (SSSR count). The lowest BCUT2D eigenvalue weighted by molar-refractivity contribution is 0.103. The predicted molar refractivity (Wildman–Crippen MR) is 91.5 cm³/mol. The number of nitrogens with one attached hydrogen (secondary N) is 1. The maximum absolute atomic E-state index is 14.7. The Labute approximate surface area is 152 Å². The fourth-order valence-corrected chi connectivity index (χ4v) is 3.63. The summed E-state index contributed by atoms with van der Waals surface area (Å²) < 4.78 is 73.3. The minimum atomic E-state index is -3.98. The largest absolute Gasteiger partial charge is 0.443 e. The normalized spacial score (nSPS) is 11.7. The van der Waals surface area contributed by atoms with Gasteiger partial charge in [0.1, 0.15) is 5.52 Å². The average molecular weight is 398 g/mol. The Morgan fingerprint density at radius 2 is 1.93 bits per heavy atom. The van der Waals surface area contributed by atoms with Crippen LogP contribution < -0.4 is 4.72 Å². The van der Waals surface area contributed by atoms with Gasteiger partial charge in [0.2, 0.25) is 10.0 Å². The van der Waals surface area contributed by atoms with Gasteiger partial charge in [-0.15, -0.1) is 0 Å². The average Bonchev–Trinajstić information content (AvgIpc) is 3.07. The molecule has 0 aliphatic carbocycles. The van der Waals surface area contributed by atoms with E-state index < -0.39 is 44.5 Å². The van der Waals surface area contributed by atoms with Crippen LogP contribution in [0.4, 0.5) is 18.9 Å². The standard InChI is InChI=1S/C17H13F3N2O4S/c1-2-5-27(24,25)22-12-7-10(18)15(19)14(16(12)20)17(23)9-3-4-11-13(6-9)26-8-21-11/h3-4,6-8,22H,2,5H2,1H3. The molecule has 1 aromatic heterocycles. The maximum Gasteiger partial charge on any atom is 0.232 e. The van der Waals surface area contributed by atoms with E-state index in [2.05, 4.69) is 4.98 Å². The summed E-state index contributed by atoms with van der Waals surface area (Å²) in [6.45, 7) is 1.58. The van der Waals surface area contributed by atoms with E-state index >= 15 is 0 Å². The number of carbonyl (C=O) groups excluding carboxylic acids is 1. The molecule has 0 amide bonds. The van der Waals surface area contributed by atoms with Gasteiger partial charge in [-0.05, 0) is 24.6 Å². The molecule has 0 saturated carbocycles. The first kappa shape index (κ1) is 18.9. The van der Waals surface area contributed by atoms with Gasteiger partial charge in [0.15, 0.2) is 35.2 Å². The summed E-state index contributed by atoms with van der Waals surface area (Å²) >= 11 is 0. The predicted octanol–water partition coefficient (Wildman–Crippen LogP) is 3.63. The highest BCUT2D eigenvalue weighted by atomic mass is 32.2. The zero-order chi connectivity index (χ0) is 19.8. The quantitative estimate of drug-likeness (QED) is 0.506. The van der Waals surface area contributed by atoms with Crippen molar-refractivity contribution in [3.05, 3.63) is 59.2 Å². The third-order valence-electron chi connectivity index (χ3n) is 3.72. The van der Waals surface area contributed by atoms with E-state index in [-0.39, 0.29) is 23.3 Å². The van der Waals surface area contributed by atoms with Crippen molar-refractivity contribution in [2.45, 2.75) is 13.3 Å². The van der Waals surface area contributed by atoms with Gasteiger partial charge in [0, 0.05) is 11.6 Å². The molecule has 6 nitrogen and oxygen atoms in total. The Bertz CT molecular complexity index is 1140. The smallest absolute Gasteiger partial charge is 0.232 e. The number of aromatic nitrogens is 1. The lowest BCUT2D eigenvalue weighted by atomic mass is 10.0. The number of halogens is 3. The van der Waals surface area contributed by atoms with Crippen molar-refractivity contribution < 1.29 is 30.8 Å². The molecule has 142 valence electrons. The zero-order valence-corrected chi connectivity index (χ0v) is 14.7. The molecule has 0 radical (unpaired) electrons. The van der Waals surface area contributed by atoms with Crippen LogP contribution in [0, 0.1) is 17.5 Å². The molecule has 0 spiro atoms. The van der Waals surface area contributed by atoms with Crippen molar-refractivity contribution in [2.75, 3.05) is 10.5 Å². The monoisotopic (exact) mass is 398 g/mol. The third-order valence-corrected chi connectivity index (χ3v) is 5.19. The lowest BCUT2D eigenvalue weighted by Crippen LogP contribution is -2.19. The van der Waals surface area contributed by atoms with Gasteiger partial charge in [0.05, 0.1) is 17.0 Å². The molecule has 0 unspecified atom stereocenters. The van der Waals surface area contributed by atoms with Crippen LogP contribution in [-0.2, 0) is 10.0 Å². The highest BCUT2D eigenvalue weighted by Gasteiger charge is 2.27. The van der Waals surface area contributed by atoms with E-state index in [4.69, 9.17) is 4.42 Å². The number of benzene rings is 2. The number of fused-ring (bicyclic) bond motifs is 1. The molecule has 2 aromatic carbocycles. The van der Waals surface area contributed by atoms with Crippen molar-refractivity contribution in [2.24, 2.45) is 0 Å². The van der Waals surface area contributed by atoms with E-state index in [1.807, 2.05) is 4.72 Å². The van der Waals surface area contributed by atoms with Gasteiger partial charge in [-0.3, -0.25) is 9.52 Å². The van der Waals surface area contributed by atoms with Gasteiger partial charge in [-0.2, -0.15) is 0 Å². The lowest BCUT2D eigenvalue weighted by Gasteiger charge is -2.12. The summed E-state index contributed by atoms with van der Waals surface area (Å²) in [5.74, 6) is -6.30. The molecule has 10 heteroatoms. The van der Waals surface area contributed by atoms with Crippen LogP contribution in [0.25, 0.3) is 11.1 Å². The highest BCUT2D eigenvalue weighted by Crippen LogP contribution is 2.28. The molecule has 1 N–H and O–H groups in total. The van der Waals surface area contributed by atoms with E-state index in [9.17, 15) is 26.4 Å². The molecule has 0 fully saturated rings. The third kappa shape index (κ3) is 3.65. The van der Waals surface area contributed by atoms with Crippen LogP contribution in [0.2, 0.25) is 0 Å². The molecule has 0 aliphatic heterocycles. The molecular formula is C17H13F3N2O4S. The van der Waals surface area contributed by atoms with Crippen molar-refractivity contribution >= 4 is 32.6 Å². The van der Waals surface area contributed by atoms with Crippen LogP contribution in [0.5, 0.6) is 0 Å². The zero-order valence-electron chi connectivity index (χ0n) is 13.9. The molecule has 27 heavy (non-hydrogen) atoms. The number of nitrogens with zero attached hydrogens (tertiary/aromatic N) is 1. The molecular weight excluding hydrogens is 385 g/mol. The highest BCUT2D eigenvalue weighted by molar-refractivity contribution is 7.92. The van der Waals surface area contributed by atoms with Crippen LogP contribution >= 0.6 is 0 Å². The Morgan fingerprint density at radius 1 is 1.19 bits per heavy atom. The summed E-state index contributed by atoms with van der Waals surface area (Å²) in [5, 5.41) is 0. The van der Waals surface area contributed by atoms with Gasteiger partial charge in [0.25, 0.3) is 0 Å². The number of ketones is 1. The summed E-state index contributed by atoms with van der Waals surface area (Å²) in [6, 6.07) is 4.20.